The minimum Gasteiger partial charge on any atom is -0.352 e. The molecular weight excluding hydrogens is 467 g/mol. The third kappa shape index (κ3) is 7.14. The van der Waals surface area contributed by atoms with Gasteiger partial charge in [0.25, 0.3) is 0 Å². The van der Waals surface area contributed by atoms with Gasteiger partial charge in [0, 0.05) is 24.8 Å². The van der Waals surface area contributed by atoms with E-state index in [0.717, 1.165) is 22.6 Å². The van der Waals surface area contributed by atoms with Gasteiger partial charge in [0.2, 0.25) is 5.91 Å². The summed E-state index contributed by atoms with van der Waals surface area (Å²) in [6, 6.07) is 10.2. The molecule has 0 bridgehead atoms. The van der Waals surface area contributed by atoms with Crippen LogP contribution in [0.2, 0.25) is 0 Å². The van der Waals surface area contributed by atoms with E-state index < -0.39 is 0 Å². The topological polar surface area (TPSA) is 83.3 Å². The van der Waals surface area contributed by atoms with Crippen LogP contribution in [0.3, 0.4) is 0 Å². The minimum atomic E-state index is -0.256. The average molecular weight is 498 g/mol. The monoisotopic (exact) mass is 498 g/mol. The average Bonchev–Trinajstić information content (AvgIpc) is 2.92. The largest absolute Gasteiger partial charge is 0.352 e. The van der Waals surface area contributed by atoms with Gasteiger partial charge in [-0.15, -0.1) is 24.0 Å². The standard InChI is InChI=1S/C20H30N6O.HI/c1-14-11-15(2)26(25-14)17-10-8-7-9-16(17)12-22-19(21-6)23-13-18(27)24-20(3,4)5;/h7-11H,12-13H2,1-6H3,(H,24,27)(H2,21,22,23);1H. The van der Waals surface area contributed by atoms with Crippen LogP contribution in [0.5, 0.6) is 0 Å². The number of halogens is 1. The van der Waals surface area contributed by atoms with Crippen LogP contribution >= 0.6 is 24.0 Å². The fourth-order valence-corrected chi connectivity index (χ4v) is 2.77. The number of amides is 1. The Morgan fingerprint density at radius 3 is 2.43 bits per heavy atom. The molecule has 1 aromatic carbocycles. The van der Waals surface area contributed by atoms with E-state index in [2.05, 4.69) is 38.2 Å². The van der Waals surface area contributed by atoms with E-state index in [1.54, 1.807) is 7.05 Å². The molecule has 0 aliphatic rings. The van der Waals surface area contributed by atoms with E-state index in [0.29, 0.717) is 12.5 Å². The Kier molecular flexibility index (Phi) is 8.93. The molecule has 3 N–H and O–H groups in total. The molecule has 1 aromatic heterocycles. The van der Waals surface area contributed by atoms with Gasteiger partial charge in [-0.25, -0.2) is 4.68 Å². The molecule has 1 amide bonds. The number of rotatable bonds is 5. The van der Waals surface area contributed by atoms with E-state index in [1.165, 1.54) is 0 Å². The second kappa shape index (κ2) is 10.4. The van der Waals surface area contributed by atoms with Crippen molar-refractivity contribution < 1.29 is 4.79 Å². The number of para-hydroxylation sites is 1. The van der Waals surface area contributed by atoms with Crippen molar-refractivity contribution in [2.24, 2.45) is 4.99 Å². The van der Waals surface area contributed by atoms with Gasteiger partial charge in [-0.1, -0.05) is 18.2 Å². The van der Waals surface area contributed by atoms with Gasteiger partial charge in [0.1, 0.15) is 0 Å². The number of benzene rings is 1. The summed E-state index contributed by atoms with van der Waals surface area (Å²) < 4.78 is 1.94. The molecule has 0 aliphatic carbocycles. The Balaban J connectivity index is 0.00000392. The number of nitrogens with zero attached hydrogens (tertiary/aromatic N) is 3. The maximum Gasteiger partial charge on any atom is 0.239 e. The summed E-state index contributed by atoms with van der Waals surface area (Å²) in [7, 11) is 1.68. The molecule has 0 spiro atoms. The molecule has 2 rings (SSSR count). The lowest BCUT2D eigenvalue weighted by Gasteiger charge is -2.21. The predicted octanol–water partition coefficient (Wildman–Crippen LogP) is 2.69. The molecular formula is C20H31IN6O. The van der Waals surface area contributed by atoms with Crippen LogP contribution in [0.15, 0.2) is 35.3 Å². The molecule has 0 unspecified atom stereocenters. The van der Waals surface area contributed by atoms with E-state index in [9.17, 15) is 4.79 Å². The molecule has 0 saturated carbocycles. The molecule has 0 aliphatic heterocycles. The Bertz CT molecular complexity index is 822. The predicted molar refractivity (Wildman–Crippen MR) is 125 cm³/mol. The lowest BCUT2D eigenvalue weighted by molar-refractivity contribution is -0.121. The van der Waals surface area contributed by atoms with E-state index >= 15 is 0 Å². The summed E-state index contributed by atoms with van der Waals surface area (Å²) in [6.45, 7) is 10.6. The summed E-state index contributed by atoms with van der Waals surface area (Å²) in [6.07, 6.45) is 0. The van der Waals surface area contributed by atoms with Crippen molar-refractivity contribution in [1.82, 2.24) is 25.7 Å². The SMILES string of the molecule is CN=C(NCC(=O)NC(C)(C)C)NCc1ccccc1-n1nc(C)cc1C.I. The van der Waals surface area contributed by atoms with Gasteiger partial charge in [-0.05, 0) is 52.3 Å². The quantitative estimate of drug-likeness (QED) is 0.337. The van der Waals surface area contributed by atoms with Crippen LogP contribution < -0.4 is 16.0 Å². The summed E-state index contributed by atoms with van der Waals surface area (Å²) >= 11 is 0. The normalized spacial score (nSPS) is 11.6. The van der Waals surface area contributed by atoms with E-state index in [1.807, 2.05) is 57.5 Å². The molecule has 154 valence electrons. The van der Waals surface area contributed by atoms with Crippen molar-refractivity contribution in [2.75, 3.05) is 13.6 Å². The smallest absolute Gasteiger partial charge is 0.239 e. The maximum absolute atomic E-state index is 12.0. The van der Waals surface area contributed by atoms with Crippen LogP contribution in [0.4, 0.5) is 0 Å². The number of carbonyl (C=O) groups is 1. The maximum atomic E-state index is 12.0. The fourth-order valence-electron chi connectivity index (χ4n) is 2.77. The van der Waals surface area contributed by atoms with Gasteiger partial charge in [0.15, 0.2) is 5.96 Å². The summed E-state index contributed by atoms with van der Waals surface area (Å²) in [4.78, 5) is 16.2. The zero-order valence-electron chi connectivity index (χ0n) is 17.5. The highest BCUT2D eigenvalue weighted by atomic mass is 127. The van der Waals surface area contributed by atoms with Gasteiger partial charge >= 0.3 is 0 Å². The number of nitrogens with one attached hydrogen (secondary N) is 3. The number of guanidine groups is 1. The molecule has 2 aromatic rings. The molecule has 7 nitrogen and oxygen atoms in total. The first-order valence-corrected chi connectivity index (χ1v) is 9.06. The van der Waals surface area contributed by atoms with Crippen LogP contribution in [-0.4, -0.2) is 40.8 Å². The van der Waals surface area contributed by atoms with Gasteiger partial charge in [-0.3, -0.25) is 9.79 Å². The lowest BCUT2D eigenvalue weighted by atomic mass is 10.1. The second-order valence-electron chi connectivity index (χ2n) is 7.55. The van der Waals surface area contributed by atoms with Crippen molar-refractivity contribution >= 4 is 35.8 Å². The number of aliphatic imine (C=N–C) groups is 1. The van der Waals surface area contributed by atoms with E-state index in [4.69, 9.17) is 0 Å². The Labute approximate surface area is 184 Å². The summed E-state index contributed by atoms with van der Waals surface area (Å²) in [5.41, 5.74) is 3.93. The van der Waals surface area contributed by atoms with Crippen molar-refractivity contribution in [3.8, 4) is 5.69 Å². The third-order valence-corrected chi connectivity index (χ3v) is 3.83. The van der Waals surface area contributed by atoms with Gasteiger partial charge in [0.05, 0.1) is 17.9 Å². The van der Waals surface area contributed by atoms with Crippen LogP contribution in [-0.2, 0) is 11.3 Å². The number of aryl methyl sites for hydroxylation is 2. The van der Waals surface area contributed by atoms with Gasteiger partial charge in [-0.2, -0.15) is 5.10 Å². The van der Waals surface area contributed by atoms with Crippen molar-refractivity contribution in [2.45, 2.75) is 46.7 Å². The molecule has 0 saturated heterocycles. The molecule has 28 heavy (non-hydrogen) atoms. The van der Waals surface area contributed by atoms with Crippen LogP contribution in [0.1, 0.15) is 37.7 Å². The zero-order valence-corrected chi connectivity index (χ0v) is 19.8. The van der Waals surface area contributed by atoms with Gasteiger partial charge < -0.3 is 16.0 Å². The Morgan fingerprint density at radius 2 is 1.86 bits per heavy atom. The number of carbonyl (C=O) groups excluding carboxylic acids is 1. The van der Waals surface area contributed by atoms with E-state index in [-0.39, 0.29) is 42.0 Å². The molecule has 0 fully saturated rings. The molecule has 0 atom stereocenters. The fraction of sp³-hybridized carbons (Fsp3) is 0.450. The first kappa shape index (κ1) is 23.9. The highest BCUT2D eigenvalue weighted by Gasteiger charge is 2.14. The summed E-state index contributed by atoms with van der Waals surface area (Å²) in [5.74, 6) is 0.496. The van der Waals surface area contributed by atoms with Crippen molar-refractivity contribution in [3.05, 3.63) is 47.3 Å². The third-order valence-electron chi connectivity index (χ3n) is 3.83. The number of hydrogen-bond acceptors (Lipinski definition) is 3. The Hall–Kier alpha value is -2.10. The zero-order chi connectivity index (χ0) is 20.0. The van der Waals surface area contributed by atoms with Crippen LogP contribution in [0, 0.1) is 13.8 Å². The van der Waals surface area contributed by atoms with Crippen LogP contribution in [0.25, 0.3) is 5.69 Å². The minimum absolute atomic E-state index is 0. The Morgan fingerprint density at radius 1 is 1.18 bits per heavy atom. The lowest BCUT2D eigenvalue weighted by Crippen LogP contribution is -2.48. The number of hydrogen-bond donors (Lipinski definition) is 3. The molecule has 8 heteroatoms. The highest BCUT2D eigenvalue weighted by molar-refractivity contribution is 14.0. The van der Waals surface area contributed by atoms with Crippen molar-refractivity contribution in [1.29, 1.82) is 0 Å². The summed E-state index contributed by atoms with van der Waals surface area (Å²) in [5, 5.41) is 13.8. The highest BCUT2D eigenvalue weighted by Crippen LogP contribution is 2.16. The first-order chi connectivity index (χ1) is 12.7. The first-order valence-electron chi connectivity index (χ1n) is 9.06. The number of aromatic nitrogens is 2. The second-order valence-corrected chi connectivity index (χ2v) is 7.55. The molecule has 0 radical (unpaired) electrons. The molecule has 1 heterocycles. The van der Waals surface area contributed by atoms with Crippen molar-refractivity contribution in [3.63, 3.8) is 0 Å².